The third-order valence-corrected chi connectivity index (χ3v) is 2.23. The zero-order valence-corrected chi connectivity index (χ0v) is 7.40. The van der Waals surface area contributed by atoms with Crippen LogP contribution in [0.25, 0.3) is 10.9 Å². The highest BCUT2D eigenvalue weighted by molar-refractivity contribution is 5.95. The van der Waals surface area contributed by atoms with Crippen molar-refractivity contribution in [2.45, 2.75) is 0 Å². The third kappa shape index (κ3) is 0.956. The van der Waals surface area contributed by atoms with E-state index in [2.05, 4.69) is 9.98 Å². The first-order chi connectivity index (χ1) is 6.95. The molecule has 0 amide bonds. The number of hydrogen-bond donors (Lipinski definition) is 1. The Labute approximate surface area is 80.7 Å². The van der Waals surface area contributed by atoms with E-state index in [1.807, 2.05) is 24.4 Å². The van der Waals surface area contributed by atoms with Gasteiger partial charge in [-0.05, 0) is 24.3 Å². The van der Waals surface area contributed by atoms with Gasteiger partial charge in [0.05, 0.1) is 11.8 Å². The molecule has 1 aromatic heterocycles. The fourth-order valence-electron chi connectivity index (χ4n) is 1.58. The first-order valence-electron chi connectivity index (χ1n) is 4.41. The van der Waals surface area contributed by atoms with Gasteiger partial charge in [-0.2, -0.15) is 0 Å². The second-order valence-electron chi connectivity index (χ2n) is 3.08. The van der Waals surface area contributed by atoms with Gasteiger partial charge < -0.3 is 9.72 Å². The second kappa shape index (κ2) is 2.73. The Morgan fingerprint density at radius 2 is 2.21 bits per heavy atom. The van der Waals surface area contributed by atoms with Crippen molar-refractivity contribution in [3.8, 4) is 5.75 Å². The Balaban J connectivity index is 2.38. The molecule has 0 atom stereocenters. The van der Waals surface area contributed by atoms with Crippen LogP contribution in [-0.2, 0) is 0 Å². The number of nitrogens with zero attached hydrogens (tertiary/aromatic N) is 1. The molecule has 1 aromatic carbocycles. The second-order valence-corrected chi connectivity index (χ2v) is 3.08. The van der Waals surface area contributed by atoms with Crippen molar-refractivity contribution in [2.75, 3.05) is 0 Å². The molecule has 2 heterocycles. The van der Waals surface area contributed by atoms with Gasteiger partial charge in [0.2, 0.25) is 0 Å². The van der Waals surface area contributed by atoms with Gasteiger partial charge in [0, 0.05) is 17.8 Å². The summed E-state index contributed by atoms with van der Waals surface area (Å²) in [6.07, 6.45) is 7.03. The number of ether oxygens (including phenoxy) is 1. The SMILES string of the molecule is C1=COc2ccc3cc[nH]c3c2N=C1. The number of H-pyrrole nitrogens is 1. The molecular weight excluding hydrogens is 176 g/mol. The minimum atomic E-state index is 0.782. The highest BCUT2D eigenvalue weighted by Gasteiger charge is 2.08. The van der Waals surface area contributed by atoms with Crippen molar-refractivity contribution in [2.24, 2.45) is 4.99 Å². The summed E-state index contributed by atoms with van der Waals surface area (Å²) in [6, 6.07) is 5.96. The molecule has 0 bridgehead atoms. The zero-order valence-electron chi connectivity index (χ0n) is 7.40. The lowest BCUT2D eigenvalue weighted by Gasteiger charge is -2.03. The van der Waals surface area contributed by atoms with E-state index >= 15 is 0 Å². The molecule has 1 aliphatic heterocycles. The first-order valence-corrected chi connectivity index (χ1v) is 4.41. The fraction of sp³-hybridized carbons (Fsp3) is 0. The van der Waals surface area contributed by atoms with Gasteiger partial charge in [-0.1, -0.05) is 0 Å². The quantitative estimate of drug-likeness (QED) is 0.671. The van der Waals surface area contributed by atoms with Gasteiger partial charge in [0.1, 0.15) is 5.69 Å². The molecule has 2 aromatic rings. The topological polar surface area (TPSA) is 37.4 Å². The molecule has 0 radical (unpaired) electrons. The van der Waals surface area contributed by atoms with Gasteiger partial charge >= 0.3 is 0 Å². The lowest BCUT2D eigenvalue weighted by Crippen LogP contribution is -1.81. The number of benzene rings is 1. The van der Waals surface area contributed by atoms with Crippen LogP contribution in [0.3, 0.4) is 0 Å². The maximum Gasteiger partial charge on any atom is 0.154 e. The van der Waals surface area contributed by atoms with Crippen molar-refractivity contribution in [1.82, 2.24) is 4.98 Å². The van der Waals surface area contributed by atoms with Crippen LogP contribution in [0.4, 0.5) is 5.69 Å². The molecule has 0 unspecified atom stereocenters. The van der Waals surface area contributed by atoms with E-state index in [4.69, 9.17) is 4.74 Å². The molecule has 68 valence electrons. The average molecular weight is 184 g/mol. The Morgan fingerprint density at radius 3 is 3.21 bits per heavy atom. The monoisotopic (exact) mass is 184 g/mol. The van der Waals surface area contributed by atoms with Gasteiger partial charge in [-0.15, -0.1) is 0 Å². The number of aliphatic imine (C=N–C) groups is 1. The van der Waals surface area contributed by atoms with Crippen LogP contribution in [0, 0.1) is 0 Å². The largest absolute Gasteiger partial charge is 0.463 e. The zero-order chi connectivity index (χ0) is 9.38. The maximum absolute atomic E-state index is 5.40. The molecule has 1 aliphatic rings. The molecule has 0 fully saturated rings. The fourth-order valence-corrected chi connectivity index (χ4v) is 1.58. The minimum absolute atomic E-state index is 0.782. The van der Waals surface area contributed by atoms with Crippen molar-refractivity contribution >= 4 is 22.8 Å². The molecule has 0 aliphatic carbocycles. The Bertz CT molecular complexity index is 537. The van der Waals surface area contributed by atoms with Crippen molar-refractivity contribution in [3.05, 3.63) is 36.7 Å². The molecular formula is C11H8N2O. The van der Waals surface area contributed by atoms with Gasteiger partial charge in [-0.25, -0.2) is 0 Å². The predicted molar refractivity (Wildman–Crippen MR) is 56.2 cm³/mol. The Morgan fingerprint density at radius 1 is 1.21 bits per heavy atom. The minimum Gasteiger partial charge on any atom is -0.463 e. The Hall–Kier alpha value is -2.03. The van der Waals surface area contributed by atoms with Crippen LogP contribution in [0.15, 0.2) is 41.7 Å². The first kappa shape index (κ1) is 7.38. The molecule has 14 heavy (non-hydrogen) atoms. The van der Waals surface area contributed by atoms with E-state index in [0.29, 0.717) is 0 Å². The van der Waals surface area contributed by atoms with E-state index in [1.165, 1.54) is 0 Å². The number of rotatable bonds is 0. The van der Waals surface area contributed by atoms with Crippen LogP contribution in [-0.4, -0.2) is 11.2 Å². The molecule has 3 rings (SSSR count). The molecule has 3 nitrogen and oxygen atoms in total. The van der Waals surface area contributed by atoms with Gasteiger partial charge in [0.25, 0.3) is 0 Å². The number of aromatic amines is 1. The van der Waals surface area contributed by atoms with Crippen molar-refractivity contribution in [3.63, 3.8) is 0 Å². The van der Waals surface area contributed by atoms with E-state index in [9.17, 15) is 0 Å². The number of hydrogen-bond acceptors (Lipinski definition) is 2. The van der Waals surface area contributed by atoms with Gasteiger partial charge in [0.15, 0.2) is 5.75 Å². The lowest BCUT2D eigenvalue weighted by molar-refractivity contribution is 0.485. The van der Waals surface area contributed by atoms with E-state index in [1.54, 1.807) is 18.6 Å². The van der Waals surface area contributed by atoms with Crippen molar-refractivity contribution < 1.29 is 4.74 Å². The molecule has 1 N–H and O–H groups in total. The summed E-state index contributed by atoms with van der Waals surface area (Å²) >= 11 is 0. The molecule has 3 heteroatoms. The van der Waals surface area contributed by atoms with Crippen molar-refractivity contribution in [1.29, 1.82) is 0 Å². The standard InChI is InChI=1S/C11H8N2O/c1-5-12-11-9(14-7-1)3-2-8-4-6-13-10(8)11/h1-7,13H. The van der Waals surface area contributed by atoms with Crippen LogP contribution in [0.2, 0.25) is 0 Å². The summed E-state index contributed by atoms with van der Waals surface area (Å²) in [5.41, 5.74) is 1.87. The van der Waals surface area contributed by atoms with E-state index in [0.717, 1.165) is 22.3 Å². The molecule has 0 saturated heterocycles. The van der Waals surface area contributed by atoms with Crippen LogP contribution in [0.1, 0.15) is 0 Å². The summed E-state index contributed by atoms with van der Waals surface area (Å²) in [5.74, 6) is 0.782. The number of fused-ring (bicyclic) bond motifs is 3. The van der Waals surface area contributed by atoms with Gasteiger partial charge in [-0.3, -0.25) is 4.99 Å². The number of nitrogens with one attached hydrogen (secondary N) is 1. The Kier molecular flexibility index (Phi) is 1.44. The summed E-state index contributed by atoms with van der Waals surface area (Å²) < 4.78 is 5.40. The summed E-state index contributed by atoms with van der Waals surface area (Å²) in [5, 5.41) is 1.14. The maximum atomic E-state index is 5.40. The van der Waals surface area contributed by atoms with E-state index in [-0.39, 0.29) is 0 Å². The third-order valence-electron chi connectivity index (χ3n) is 2.23. The molecule has 0 spiro atoms. The smallest absolute Gasteiger partial charge is 0.154 e. The van der Waals surface area contributed by atoms with Crippen LogP contribution < -0.4 is 4.74 Å². The summed E-state index contributed by atoms with van der Waals surface area (Å²) in [6.45, 7) is 0. The predicted octanol–water partition coefficient (Wildman–Crippen LogP) is 2.78. The lowest BCUT2D eigenvalue weighted by atomic mass is 10.2. The van der Waals surface area contributed by atoms with E-state index < -0.39 is 0 Å². The summed E-state index contributed by atoms with van der Waals surface area (Å²) in [4.78, 5) is 7.47. The van der Waals surface area contributed by atoms with Crippen LogP contribution >= 0.6 is 0 Å². The van der Waals surface area contributed by atoms with Crippen LogP contribution in [0.5, 0.6) is 5.75 Å². The summed E-state index contributed by atoms with van der Waals surface area (Å²) in [7, 11) is 0. The normalized spacial score (nSPS) is 13.7. The molecule has 0 saturated carbocycles. The highest BCUT2D eigenvalue weighted by atomic mass is 16.5. The number of aromatic nitrogens is 1. The highest BCUT2D eigenvalue weighted by Crippen LogP contribution is 2.35. The average Bonchev–Trinajstić information content (AvgIpc) is 2.55. The number of allylic oxidation sites excluding steroid dienone is 1.